The second kappa shape index (κ2) is 11.9. The maximum absolute atomic E-state index is 16.8. The number of pyridine rings is 1. The first-order chi connectivity index (χ1) is 22.0. The molecule has 3 fully saturated rings. The van der Waals surface area contributed by atoms with E-state index in [2.05, 4.69) is 37.8 Å². The first-order valence-electron chi connectivity index (χ1n) is 16.1. The van der Waals surface area contributed by atoms with E-state index in [1.807, 2.05) is 49.9 Å². The number of hydrogen-bond acceptors (Lipinski definition) is 8. The van der Waals surface area contributed by atoms with Crippen molar-refractivity contribution in [2.24, 2.45) is 0 Å². The van der Waals surface area contributed by atoms with Gasteiger partial charge in [0.25, 0.3) is 0 Å². The van der Waals surface area contributed by atoms with Gasteiger partial charge in [-0.05, 0) is 100 Å². The summed E-state index contributed by atoms with van der Waals surface area (Å²) in [5, 5.41) is 12.7. The Balaban J connectivity index is 1.30. The Morgan fingerprint density at radius 3 is 2.48 bits per heavy atom. The molecule has 242 valence electrons. The minimum absolute atomic E-state index is 0.00435. The number of likely N-dealkylation sites (N-methyl/N-ethyl adjacent to an activating group) is 1. The fourth-order valence-corrected chi connectivity index (χ4v) is 7.98. The molecule has 2 aromatic carbocycles. The predicted octanol–water partition coefficient (Wildman–Crippen LogP) is 7.57. The number of hydrogen-bond donors (Lipinski definition) is 1. The molecular formula is C35H39BrFN5O4. The van der Waals surface area contributed by atoms with Gasteiger partial charge in [-0.15, -0.1) is 0 Å². The third kappa shape index (κ3) is 5.65. The van der Waals surface area contributed by atoms with Crippen molar-refractivity contribution in [2.75, 3.05) is 20.2 Å². The molecule has 2 aromatic heterocycles. The molecule has 7 rings (SSSR count). The summed E-state index contributed by atoms with van der Waals surface area (Å²) in [6, 6.07) is 9.42. The minimum atomic E-state index is -0.593. The number of phenols is 1. The molecule has 11 heteroatoms. The molecule has 0 aliphatic carbocycles. The van der Waals surface area contributed by atoms with Crippen LogP contribution in [-0.2, 0) is 4.74 Å². The van der Waals surface area contributed by atoms with E-state index in [0.29, 0.717) is 40.6 Å². The van der Waals surface area contributed by atoms with Crippen LogP contribution in [0, 0.1) is 5.82 Å². The lowest BCUT2D eigenvalue weighted by molar-refractivity contribution is 0.00571. The second-order valence-corrected chi connectivity index (χ2v) is 14.7. The van der Waals surface area contributed by atoms with Gasteiger partial charge in [-0.25, -0.2) is 9.18 Å². The minimum Gasteiger partial charge on any atom is -0.507 e. The number of piperidine rings is 1. The summed E-state index contributed by atoms with van der Waals surface area (Å²) in [6.45, 7) is 7.06. The van der Waals surface area contributed by atoms with Crippen LogP contribution in [0.15, 0.2) is 41.0 Å². The molecule has 0 spiro atoms. The topological polar surface area (TPSA) is 101 Å². The molecule has 46 heavy (non-hydrogen) atoms. The number of fused-ring (bicyclic) bond motifs is 4. The van der Waals surface area contributed by atoms with Crippen LogP contribution in [0.2, 0.25) is 0 Å². The number of aromatic nitrogens is 3. The van der Waals surface area contributed by atoms with Crippen molar-refractivity contribution in [3.63, 3.8) is 0 Å². The van der Waals surface area contributed by atoms with Crippen LogP contribution in [-0.4, -0.2) is 79.9 Å². The van der Waals surface area contributed by atoms with Crippen LogP contribution < -0.4 is 4.74 Å². The number of halogens is 2. The van der Waals surface area contributed by atoms with Crippen LogP contribution in [0.25, 0.3) is 32.9 Å². The molecule has 2 unspecified atom stereocenters. The summed E-state index contributed by atoms with van der Waals surface area (Å²) in [5.41, 5.74) is 0.820. The first-order valence-corrected chi connectivity index (χ1v) is 16.9. The first kappa shape index (κ1) is 31.1. The quantitative estimate of drug-likeness (QED) is 0.229. The number of likely N-dealkylation sites (tertiary alicyclic amines) is 1. The Bertz CT molecular complexity index is 1820. The van der Waals surface area contributed by atoms with Crippen LogP contribution in [0.5, 0.6) is 11.8 Å². The van der Waals surface area contributed by atoms with Crippen molar-refractivity contribution in [3.8, 4) is 23.0 Å². The average Bonchev–Trinajstić information content (AvgIpc) is 3.55. The molecule has 1 amide bonds. The van der Waals surface area contributed by atoms with Gasteiger partial charge in [-0.1, -0.05) is 24.3 Å². The highest BCUT2D eigenvalue weighted by molar-refractivity contribution is 9.10. The van der Waals surface area contributed by atoms with Crippen LogP contribution in [0.4, 0.5) is 9.18 Å². The highest BCUT2D eigenvalue weighted by atomic mass is 79.9. The van der Waals surface area contributed by atoms with Crippen molar-refractivity contribution in [2.45, 2.75) is 88.9 Å². The third-order valence-corrected chi connectivity index (χ3v) is 10.5. The average molecular weight is 693 g/mol. The van der Waals surface area contributed by atoms with Crippen LogP contribution >= 0.6 is 15.9 Å². The van der Waals surface area contributed by atoms with Crippen LogP contribution in [0.1, 0.15) is 70.9 Å². The monoisotopic (exact) mass is 691 g/mol. The highest BCUT2D eigenvalue weighted by Crippen LogP contribution is 2.46. The number of aromatic hydroxyl groups is 1. The molecule has 2 bridgehead atoms. The Morgan fingerprint density at radius 1 is 1.09 bits per heavy atom. The second-order valence-electron chi connectivity index (χ2n) is 13.9. The lowest BCUT2D eigenvalue weighted by Crippen LogP contribution is -2.48. The standard InChI is InChI=1S/C35H39BrFN5O4/c1-35(2,3)46-34(44)42-20-11-12-21(42)15-19(14-20)30-26-17-38-31(25-16-27(43)28(36)24-10-6-5-9-23(24)25)29(37)32(26)40-33(39-30)45-18-22-8-7-13-41(22)4/h5-6,9-10,16-17,19-22,43H,7-8,11-15,18H2,1-4H3/t19?,20?,21?,22-/m0/s1. The number of ether oxygens (including phenoxy) is 2. The van der Waals surface area contributed by atoms with E-state index in [4.69, 9.17) is 14.5 Å². The molecule has 9 nitrogen and oxygen atoms in total. The lowest BCUT2D eigenvalue weighted by Gasteiger charge is -2.39. The SMILES string of the molecule is CN1CCC[C@H]1COc1nc(C2CC3CCC(C2)N3C(=O)OC(C)(C)C)c2cnc(-c3cc(O)c(Br)c4ccccc34)c(F)c2n1. The molecule has 3 aliphatic rings. The number of carbonyl (C=O) groups excluding carboxylic acids is 1. The highest BCUT2D eigenvalue weighted by Gasteiger charge is 2.46. The summed E-state index contributed by atoms with van der Waals surface area (Å²) in [6.07, 6.45) is 6.63. The Morgan fingerprint density at radius 2 is 1.80 bits per heavy atom. The lowest BCUT2D eigenvalue weighted by atomic mass is 9.86. The molecule has 5 heterocycles. The molecule has 3 atom stereocenters. The smallest absolute Gasteiger partial charge is 0.410 e. The molecule has 0 radical (unpaired) electrons. The maximum Gasteiger partial charge on any atom is 0.410 e. The number of rotatable bonds is 5. The van der Waals surface area contributed by atoms with Crippen LogP contribution in [0.3, 0.4) is 0 Å². The van der Waals surface area contributed by atoms with Gasteiger partial charge in [-0.3, -0.25) is 4.98 Å². The Hall–Kier alpha value is -3.57. The largest absolute Gasteiger partial charge is 0.507 e. The summed E-state index contributed by atoms with van der Waals surface area (Å²) < 4.78 is 29.3. The normalized spacial score (nSPS) is 23.4. The zero-order valence-electron chi connectivity index (χ0n) is 26.6. The molecule has 3 aliphatic heterocycles. The number of carbonyl (C=O) groups is 1. The van der Waals surface area contributed by atoms with E-state index < -0.39 is 11.4 Å². The van der Waals surface area contributed by atoms with E-state index in [9.17, 15) is 9.90 Å². The fourth-order valence-electron chi connectivity index (χ4n) is 7.52. The van der Waals surface area contributed by atoms with Gasteiger partial charge in [0.05, 0.1) is 10.2 Å². The molecule has 0 saturated carbocycles. The van der Waals surface area contributed by atoms with E-state index >= 15 is 4.39 Å². The van der Waals surface area contributed by atoms with Crippen molar-refractivity contribution < 1.29 is 23.8 Å². The molecule has 1 N–H and O–H groups in total. The zero-order valence-corrected chi connectivity index (χ0v) is 28.2. The van der Waals surface area contributed by atoms with Gasteiger partial charge in [0.1, 0.15) is 29.2 Å². The number of benzene rings is 2. The van der Waals surface area contributed by atoms with Crippen molar-refractivity contribution in [3.05, 3.63) is 52.5 Å². The predicted molar refractivity (Wildman–Crippen MR) is 178 cm³/mol. The summed E-state index contributed by atoms with van der Waals surface area (Å²) in [7, 11) is 2.08. The Kier molecular flexibility index (Phi) is 8.03. The summed E-state index contributed by atoms with van der Waals surface area (Å²) in [5.74, 6) is -0.636. The van der Waals surface area contributed by atoms with Gasteiger partial charge < -0.3 is 24.4 Å². The van der Waals surface area contributed by atoms with Gasteiger partial charge in [0.2, 0.25) is 0 Å². The number of phenolic OH excluding ortho intramolecular Hbond substituents is 1. The zero-order chi connectivity index (χ0) is 32.3. The maximum atomic E-state index is 16.8. The van der Waals surface area contributed by atoms with Gasteiger partial charge in [0.15, 0.2) is 5.82 Å². The van der Waals surface area contributed by atoms with E-state index in [1.165, 1.54) is 6.07 Å². The van der Waals surface area contributed by atoms with Gasteiger partial charge in [0, 0.05) is 46.6 Å². The summed E-state index contributed by atoms with van der Waals surface area (Å²) >= 11 is 3.46. The Labute approximate surface area is 276 Å². The fraction of sp³-hybridized carbons (Fsp3) is 0.486. The summed E-state index contributed by atoms with van der Waals surface area (Å²) in [4.78, 5) is 31.5. The van der Waals surface area contributed by atoms with Gasteiger partial charge in [-0.2, -0.15) is 9.97 Å². The van der Waals surface area contributed by atoms with Crippen molar-refractivity contribution in [1.29, 1.82) is 0 Å². The van der Waals surface area contributed by atoms with Gasteiger partial charge >= 0.3 is 12.1 Å². The number of amides is 1. The molecule has 4 aromatic rings. The van der Waals surface area contributed by atoms with E-state index in [1.54, 1.807) is 6.20 Å². The number of nitrogens with zero attached hydrogens (tertiary/aromatic N) is 5. The van der Waals surface area contributed by atoms with E-state index in [0.717, 1.165) is 43.0 Å². The third-order valence-electron chi connectivity index (χ3n) is 9.71. The van der Waals surface area contributed by atoms with Crippen molar-refractivity contribution >= 4 is 43.7 Å². The van der Waals surface area contributed by atoms with E-state index in [-0.39, 0.29) is 53.1 Å². The molecule has 3 saturated heterocycles. The van der Waals surface area contributed by atoms with Crippen molar-refractivity contribution in [1.82, 2.24) is 24.8 Å². The molecular weight excluding hydrogens is 653 g/mol.